The van der Waals surface area contributed by atoms with Gasteiger partial charge in [0.1, 0.15) is 0 Å². The molecule has 0 aliphatic carbocycles. The molecule has 2 rings (SSSR count). The normalized spacial score (nSPS) is 12.9. The minimum absolute atomic E-state index is 0.337. The van der Waals surface area contributed by atoms with Gasteiger partial charge < -0.3 is 5.32 Å². The Balaban J connectivity index is 2.29. The molecule has 19 heavy (non-hydrogen) atoms. The minimum atomic E-state index is 0.337. The van der Waals surface area contributed by atoms with Gasteiger partial charge in [-0.25, -0.2) is 0 Å². The summed E-state index contributed by atoms with van der Waals surface area (Å²) in [4.78, 5) is 1.39. The van der Waals surface area contributed by atoms with Crippen LogP contribution in [0.3, 0.4) is 0 Å². The van der Waals surface area contributed by atoms with E-state index in [9.17, 15) is 0 Å². The molecule has 0 saturated carbocycles. The van der Waals surface area contributed by atoms with Crippen molar-refractivity contribution < 1.29 is 0 Å². The third-order valence-corrected chi connectivity index (χ3v) is 5.11. The molecule has 1 unspecified atom stereocenters. The van der Waals surface area contributed by atoms with E-state index < -0.39 is 0 Å². The van der Waals surface area contributed by atoms with Gasteiger partial charge in [-0.05, 0) is 42.4 Å². The number of thiophene rings is 1. The lowest BCUT2D eigenvalue weighted by molar-refractivity contribution is 0.547. The van der Waals surface area contributed by atoms with Gasteiger partial charge in [-0.15, -0.1) is 11.3 Å². The van der Waals surface area contributed by atoms with Crippen LogP contribution in [0.15, 0.2) is 15.9 Å². The summed E-state index contributed by atoms with van der Waals surface area (Å²) in [6, 6.07) is 2.54. The molecule has 0 radical (unpaired) electrons. The summed E-state index contributed by atoms with van der Waals surface area (Å²) in [5, 5.41) is 10.3. The third kappa shape index (κ3) is 3.27. The van der Waals surface area contributed by atoms with Crippen molar-refractivity contribution >= 4 is 27.3 Å². The van der Waals surface area contributed by atoms with E-state index in [1.807, 2.05) is 11.7 Å². The van der Waals surface area contributed by atoms with Crippen LogP contribution >= 0.6 is 27.3 Å². The number of hydrogen-bond acceptors (Lipinski definition) is 3. The molecule has 0 aromatic carbocycles. The maximum atomic E-state index is 4.53. The monoisotopic (exact) mass is 341 g/mol. The summed E-state index contributed by atoms with van der Waals surface area (Å²) in [6.07, 6.45) is 1.01. The molecule has 3 nitrogen and oxygen atoms in total. The Morgan fingerprint density at radius 2 is 2.21 bits per heavy atom. The fourth-order valence-electron chi connectivity index (χ4n) is 2.48. The number of nitrogens with zero attached hydrogens (tertiary/aromatic N) is 2. The maximum absolute atomic E-state index is 4.53. The van der Waals surface area contributed by atoms with E-state index in [0.29, 0.717) is 6.04 Å². The van der Waals surface area contributed by atoms with E-state index in [1.54, 1.807) is 11.3 Å². The van der Waals surface area contributed by atoms with Crippen molar-refractivity contribution in [2.24, 2.45) is 7.05 Å². The second kappa shape index (κ2) is 6.20. The molecule has 1 atom stereocenters. The molecule has 104 valence electrons. The molecule has 0 spiro atoms. The molecule has 5 heteroatoms. The fraction of sp³-hybridized carbons (Fsp3) is 0.500. The fourth-order valence-corrected chi connectivity index (χ4v) is 3.98. The van der Waals surface area contributed by atoms with Gasteiger partial charge in [0.05, 0.1) is 5.69 Å². The second-order valence-electron chi connectivity index (χ2n) is 4.75. The first kappa shape index (κ1) is 14.8. The van der Waals surface area contributed by atoms with Gasteiger partial charge in [-0.3, -0.25) is 4.68 Å². The van der Waals surface area contributed by atoms with Gasteiger partial charge in [0.25, 0.3) is 0 Å². The molecular formula is C14H20BrN3S. The summed E-state index contributed by atoms with van der Waals surface area (Å²) in [5.41, 5.74) is 3.72. The Hall–Kier alpha value is -0.650. The number of halogens is 1. The van der Waals surface area contributed by atoms with E-state index in [2.05, 4.69) is 58.6 Å². The second-order valence-corrected chi connectivity index (χ2v) is 6.67. The Bertz CT molecular complexity index is 559. The number of aryl methyl sites for hydroxylation is 2. The van der Waals surface area contributed by atoms with Crippen molar-refractivity contribution in [3.8, 4) is 0 Å². The largest absolute Gasteiger partial charge is 0.310 e. The lowest BCUT2D eigenvalue weighted by Crippen LogP contribution is -2.23. The van der Waals surface area contributed by atoms with Crippen LogP contribution in [0.5, 0.6) is 0 Å². The molecule has 0 aliphatic heterocycles. The summed E-state index contributed by atoms with van der Waals surface area (Å²) in [7, 11) is 2.01. The first-order valence-electron chi connectivity index (χ1n) is 6.49. The molecule has 2 aromatic heterocycles. The summed E-state index contributed by atoms with van der Waals surface area (Å²) < 4.78 is 3.14. The highest BCUT2D eigenvalue weighted by molar-refractivity contribution is 9.10. The van der Waals surface area contributed by atoms with Gasteiger partial charge in [0.2, 0.25) is 0 Å². The molecule has 0 saturated heterocycles. The highest BCUT2D eigenvalue weighted by Gasteiger charge is 2.20. The smallest absolute Gasteiger partial charge is 0.0644 e. The first-order chi connectivity index (χ1) is 9.02. The van der Waals surface area contributed by atoms with Crippen molar-refractivity contribution in [3.63, 3.8) is 0 Å². The van der Waals surface area contributed by atoms with Crippen molar-refractivity contribution in [2.75, 3.05) is 6.54 Å². The molecule has 0 aliphatic rings. The molecule has 2 heterocycles. The summed E-state index contributed by atoms with van der Waals surface area (Å²) in [6.45, 7) is 7.35. The van der Waals surface area contributed by atoms with Crippen LogP contribution in [0.2, 0.25) is 0 Å². The molecule has 2 aromatic rings. The van der Waals surface area contributed by atoms with E-state index in [-0.39, 0.29) is 0 Å². The van der Waals surface area contributed by atoms with Gasteiger partial charge in [-0.2, -0.15) is 5.10 Å². The molecule has 0 fully saturated rings. The Labute approximate surface area is 127 Å². The van der Waals surface area contributed by atoms with Crippen LogP contribution in [0.1, 0.15) is 34.8 Å². The van der Waals surface area contributed by atoms with Crippen molar-refractivity contribution in [1.29, 1.82) is 0 Å². The number of aromatic nitrogens is 2. The maximum Gasteiger partial charge on any atom is 0.0644 e. The predicted octanol–water partition coefficient (Wildman–Crippen LogP) is 3.75. The zero-order valence-corrected chi connectivity index (χ0v) is 14.2. The minimum Gasteiger partial charge on any atom is -0.310 e. The van der Waals surface area contributed by atoms with E-state index in [4.69, 9.17) is 0 Å². The SMILES string of the molecule is CCNC(Cc1cc(Br)cs1)c1c(C)nn(C)c1C. The molecule has 0 amide bonds. The third-order valence-electron chi connectivity index (χ3n) is 3.39. The average Bonchev–Trinajstić information content (AvgIpc) is 2.84. The highest BCUT2D eigenvalue weighted by Crippen LogP contribution is 2.28. The quantitative estimate of drug-likeness (QED) is 0.897. The summed E-state index contributed by atoms with van der Waals surface area (Å²) >= 11 is 5.33. The Morgan fingerprint density at radius 1 is 1.47 bits per heavy atom. The zero-order valence-electron chi connectivity index (χ0n) is 11.8. The van der Waals surface area contributed by atoms with Crippen LogP contribution in [0.4, 0.5) is 0 Å². The predicted molar refractivity (Wildman–Crippen MR) is 84.8 cm³/mol. The topological polar surface area (TPSA) is 29.9 Å². The van der Waals surface area contributed by atoms with Gasteiger partial charge in [0, 0.05) is 45.5 Å². The van der Waals surface area contributed by atoms with Crippen LogP contribution in [-0.2, 0) is 13.5 Å². The molecule has 0 bridgehead atoms. The van der Waals surface area contributed by atoms with Crippen molar-refractivity contribution in [3.05, 3.63) is 37.7 Å². The average molecular weight is 342 g/mol. The highest BCUT2D eigenvalue weighted by atomic mass is 79.9. The van der Waals surface area contributed by atoms with Gasteiger partial charge >= 0.3 is 0 Å². The Kier molecular flexibility index (Phi) is 4.81. The number of likely N-dealkylation sites (N-methyl/N-ethyl adjacent to an activating group) is 1. The van der Waals surface area contributed by atoms with Crippen molar-refractivity contribution in [1.82, 2.24) is 15.1 Å². The summed E-state index contributed by atoms with van der Waals surface area (Å²) in [5.74, 6) is 0. The zero-order chi connectivity index (χ0) is 14.0. The van der Waals surface area contributed by atoms with Gasteiger partial charge in [-0.1, -0.05) is 6.92 Å². The van der Waals surface area contributed by atoms with Crippen LogP contribution < -0.4 is 5.32 Å². The van der Waals surface area contributed by atoms with E-state index >= 15 is 0 Å². The lowest BCUT2D eigenvalue weighted by Gasteiger charge is -2.18. The van der Waals surface area contributed by atoms with Crippen LogP contribution in [0.25, 0.3) is 0 Å². The van der Waals surface area contributed by atoms with Crippen molar-refractivity contribution in [2.45, 2.75) is 33.2 Å². The Morgan fingerprint density at radius 3 is 2.68 bits per heavy atom. The first-order valence-corrected chi connectivity index (χ1v) is 8.16. The van der Waals surface area contributed by atoms with E-state index in [1.165, 1.54) is 20.6 Å². The lowest BCUT2D eigenvalue weighted by atomic mass is 10.0. The molecular weight excluding hydrogens is 322 g/mol. The molecule has 1 N–H and O–H groups in total. The van der Waals surface area contributed by atoms with Crippen LogP contribution in [0, 0.1) is 13.8 Å². The number of nitrogens with one attached hydrogen (secondary N) is 1. The van der Waals surface area contributed by atoms with E-state index in [0.717, 1.165) is 18.7 Å². The standard InChI is InChI=1S/C14H20BrN3S/c1-5-16-13(7-12-6-11(15)8-19-12)14-9(2)17-18(4)10(14)3/h6,8,13,16H,5,7H2,1-4H3. The van der Waals surface area contributed by atoms with Crippen LogP contribution in [-0.4, -0.2) is 16.3 Å². The van der Waals surface area contributed by atoms with Gasteiger partial charge in [0.15, 0.2) is 0 Å². The number of rotatable bonds is 5. The number of hydrogen-bond donors (Lipinski definition) is 1.